The van der Waals surface area contributed by atoms with E-state index in [0.717, 1.165) is 38.6 Å². The summed E-state index contributed by atoms with van der Waals surface area (Å²) in [5, 5.41) is 19.2. The van der Waals surface area contributed by atoms with Gasteiger partial charge in [-0.05, 0) is 39.2 Å². The molecule has 4 atom stereocenters. The van der Waals surface area contributed by atoms with E-state index in [0.29, 0.717) is 0 Å². The number of hydrogen-bond acceptors (Lipinski definition) is 3. The number of aliphatic hydroxyl groups is 1. The highest BCUT2D eigenvalue weighted by molar-refractivity contribution is 5.73. The largest absolute Gasteiger partial charge is 0.480 e. The third-order valence-corrected chi connectivity index (χ3v) is 4.47. The molecule has 0 spiro atoms. The third-order valence-electron chi connectivity index (χ3n) is 4.47. The first-order valence-corrected chi connectivity index (χ1v) is 6.78. The molecule has 1 saturated carbocycles. The minimum Gasteiger partial charge on any atom is -0.480 e. The van der Waals surface area contributed by atoms with Crippen molar-refractivity contribution in [2.24, 2.45) is 5.92 Å². The van der Waals surface area contributed by atoms with Crippen LogP contribution in [-0.2, 0) is 4.79 Å². The third kappa shape index (κ3) is 2.63. The Morgan fingerprint density at radius 2 is 1.94 bits per heavy atom. The number of likely N-dealkylation sites (tertiary alicyclic amines) is 1. The van der Waals surface area contributed by atoms with Gasteiger partial charge in [-0.3, -0.25) is 9.69 Å². The molecule has 0 amide bonds. The standard InChI is InChI=1S/C13H23NO3/c1-9(13(16)17)14-8-4-6-11(14)10-5-2-3-7-12(10)15/h9-12,15H,2-8H2,1H3,(H,16,17). The van der Waals surface area contributed by atoms with Crippen molar-refractivity contribution in [2.45, 2.75) is 63.6 Å². The monoisotopic (exact) mass is 241 g/mol. The molecule has 2 N–H and O–H groups in total. The van der Waals surface area contributed by atoms with Gasteiger partial charge in [-0.15, -0.1) is 0 Å². The molecular weight excluding hydrogens is 218 g/mol. The van der Waals surface area contributed by atoms with Crippen molar-refractivity contribution in [1.29, 1.82) is 0 Å². The quantitative estimate of drug-likeness (QED) is 0.785. The van der Waals surface area contributed by atoms with Crippen LogP contribution >= 0.6 is 0 Å². The van der Waals surface area contributed by atoms with Gasteiger partial charge in [0.2, 0.25) is 0 Å². The van der Waals surface area contributed by atoms with Crippen LogP contribution in [-0.4, -0.2) is 45.8 Å². The molecule has 0 aromatic heterocycles. The molecule has 1 aliphatic carbocycles. The van der Waals surface area contributed by atoms with Crippen LogP contribution in [0.5, 0.6) is 0 Å². The fourth-order valence-corrected chi connectivity index (χ4v) is 3.49. The zero-order valence-electron chi connectivity index (χ0n) is 10.5. The molecule has 1 aliphatic heterocycles. The molecule has 4 heteroatoms. The fraction of sp³-hybridized carbons (Fsp3) is 0.923. The van der Waals surface area contributed by atoms with E-state index in [2.05, 4.69) is 4.90 Å². The topological polar surface area (TPSA) is 60.8 Å². The summed E-state index contributed by atoms with van der Waals surface area (Å²) in [5.41, 5.74) is 0. The zero-order valence-corrected chi connectivity index (χ0v) is 10.5. The van der Waals surface area contributed by atoms with Gasteiger partial charge >= 0.3 is 5.97 Å². The van der Waals surface area contributed by atoms with Crippen LogP contribution in [0, 0.1) is 5.92 Å². The number of nitrogens with zero attached hydrogens (tertiary/aromatic N) is 1. The van der Waals surface area contributed by atoms with Gasteiger partial charge in [0.15, 0.2) is 0 Å². The van der Waals surface area contributed by atoms with Crippen LogP contribution in [0.15, 0.2) is 0 Å². The molecule has 0 aromatic carbocycles. The van der Waals surface area contributed by atoms with E-state index in [9.17, 15) is 9.90 Å². The number of rotatable bonds is 3. The molecule has 2 fully saturated rings. The van der Waals surface area contributed by atoms with E-state index < -0.39 is 12.0 Å². The van der Waals surface area contributed by atoms with Crippen LogP contribution in [0.4, 0.5) is 0 Å². The molecular formula is C13H23NO3. The van der Waals surface area contributed by atoms with Crippen molar-refractivity contribution in [1.82, 2.24) is 4.90 Å². The molecule has 1 heterocycles. The average Bonchev–Trinajstić information content (AvgIpc) is 2.77. The average molecular weight is 241 g/mol. The molecule has 4 unspecified atom stereocenters. The smallest absolute Gasteiger partial charge is 0.320 e. The Labute approximate surface area is 103 Å². The Kier molecular flexibility index (Phi) is 4.05. The Hall–Kier alpha value is -0.610. The van der Waals surface area contributed by atoms with Gasteiger partial charge in [-0.1, -0.05) is 12.8 Å². The zero-order chi connectivity index (χ0) is 12.4. The Balaban J connectivity index is 2.05. The number of hydrogen-bond donors (Lipinski definition) is 2. The summed E-state index contributed by atoms with van der Waals surface area (Å²) >= 11 is 0. The minimum absolute atomic E-state index is 0.227. The number of aliphatic carboxylic acids is 1. The summed E-state index contributed by atoms with van der Waals surface area (Å²) in [4.78, 5) is 13.2. The lowest BCUT2D eigenvalue weighted by molar-refractivity contribution is -0.143. The molecule has 98 valence electrons. The summed E-state index contributed by atoms with van der Waals surface area (Å²) < 4.78 is 0. The van der Waals surface area contributed by atoms with Crippen LogP contribution in [0.2, 0.25) is 0 Å². The van der Waals surface area contributed by atoms with Crippen LogP contribution in [0.3, 0.4) is 0 Å². The molecule has 17 heavy (non-hydrogen) atoms. The van der Waals surface area contributed by atoms with E-state index in [4.69, 9.17) is 5.11 Å². The number of aliphatic hydroxyl groups excluding tert-OH is 1. The van der Waals surface area contributed by atoms with Gasteiger partial charge in [-0.25, -0.2) is 0 Å². The van der Waals surface area contributed by atoms with Gasteiger partial charge in [0.25, 0.3) is 0 Å². The highest BCUT2D eigenvalue weighted by Gasteiger charge is 2.40. The second-order valence-corrected chi connectivity index (χ2v) is 5.48. The summed E-state index contributed by atoms with van der Waals surface area (Å²) in [5.74, 6) is -0.463. The number of carboxylic acid groups (broad SMARTS) is 1. The lowest BCUT2D eigenvalue weighted by atomic mass is 9.80. The Bertz CT molecular complexity index is 282. The van der Waals surface area contributed by atoms with Crippen LogP contribution in [0.1, 0.15) is 45.4 Å². The maximum Gasteiger partial charge on any atom is 0.320 e. The molecule has 0 aromatic rings. The predicted octanol–water partition coefficient (Wildman–Crippen LogP) is 1.47. The first-order valence-electron chi connectivity index (χ1n) is 6.78. The van der Waals surface area contributed by atoms with Gasteiger partial charge in [0.1, 0.15) is 6.04 Å². The lowest BCUT2D eigenvalue weighted by Gasteiger charge is -2.38. The van der Waals surface area contributed by atoms with Crippen molar-refractivity contribution in [3.63, 3.8) is 0 Å². The highest BCUT2D eigenvalue weighted by Crippen LogP contribution is 2.35. The maximum absolute atomic E-state index is 11.1. The normalized spacial score (nSPS) is 36.9. The van der Waals surface area contributed by atoms with Gasteiger partial charge < -0.3 is 10.2 Å². The molecule has 1 saturated heterocycles. The SMILES string of the molecule is CC(C(=O)O)N1CCCC1C1CCCCC1O. The molecule has 2 rings (SSSR count). The second-order valence-electron chi connectivity index (χ2n) is 5.48. The summed E-state index contributed by atoms with van der Waals surface area (Å²) in [6.07, 6.45) is 6.10. The van der Waals surface area contributed by atoms with Gasteiger partial charge in [0.05, 0.1) is 6.10 Å². The van der Waals surface area contributed by atoms with E-state index >= 15 is 0 Å². The van der Waals surface area contributed by atoms with Crippen LogP contribution in [0.25, 0.3) is 0 Å². The van der Waals surface area contributed by atoms with Gasteiger partial charge in [0, 0.05) is 12.0 Å². The second kappa shape index (κ2) is 5.36. The lowest BCUT2D eigenvalue weighted by Crippen LogP contribution is -2.48. The maximum atomic E-state index is 11.1. The molecule has 4 nitrogen and oxygen atoms in total. The number of carbonyl (C=O) groups is 1. The summed E-state index contributed by atoms with van der Waals surface area (Å²) in [6, 6.07) is -0.145. The van der Waals surface area contributed by atoms with Crippen molar-refractivity contribution < 1.29 is 15.0 Å². The Morgan fingerprint density at radius 3 is 2.59 bits per heavy atom. The molecule has 2 aliphatic rings. The first kappa shape index (κ1) is 12.8. The van der Waals surface area contributed by atoms with E-state index in [1.165, 1.54) is 6.42 Å². The van der Waals surface area contributed by atoms with Crippen LogP contribution < -0.4 is 0 Å². The summed E-state index contributed by atoms with van der Waals surface area (Å²) in [7, 11) is 0. The highest BCUT2D eigenvalue weighted by atomic mass is 16.4. The van der Waals surface area contributed by atoms with E-state index in [1.807, 2.05) is 0 Å². The number of carboxylic acids is 1. The first-order chi connectivity index (χ1) is 8.11. The van der Waals surface area contributed by atoms with Crippen molar-refractivity contribution in [3.05, 3.63) is 0 Å². The van der Waals surface area contributed by atoms with Crippen molar-refractivity contribution in [3.8, 4) is 0 Å². The fourth-order valence-electron chi connectivity index (χ4n) is 3.49. The van der Waals surface area contributed by atoms with E-state index in [-0.39, 0.29) is 18.1 Å². The predicted molar refractivity (Wildman–Crippen MR) is 64.8 cm³/mol. The molecule has 0 radical (unpaired) electrons. The van der Waals surface area contributed by atoms with Crippen molar-refractivity contribution in [2.75, 3.05) is 6.54 Å². The minimum atomic E-state index is -0.748. The summed E-state index contributed by atoms with van der Waals surface area (Å²) in [6.45, 7) is 2.62. The van der Waals surface area contributed by atoms with Crippen molar-refractivity contribution >= 4 is 5.97 Å². The van der Waals surface area contributed by atoms with Gasteiger partial charge in [-0.2, -0.15) is 0 Å². The Morgan fingerprint density at radius 1 is 1.24 bits per heavy atom. The molecule has 0 bridgehead atoms. The van der Waals surface area contributed by atoms with E-state index in [1.54, 1.807) is 6.92 Å².